The molecule has 0 spiro atoms. The molecule has 0 aliphatic rings. The van der Waals surface area contributed by atoms with E-state index < -0.39 is 11.4 Å². The second-order valence-electron chi connectivity index (χ2n) is 5.05. The first-order chi connectivity index (χ1) is 8.74. The molecular formula is C12H18N4O3. The van der Waals surface area contributed by atoms with Crippen LogP contribution in [0.5, 0.6) is 0 Å². The minimum absolute atomic E-state index is 0.220. The van der Waals surface area contributed by atoms with Crippen LogP contribution in [0.4, 0.5) is 5.82 Å². The Balaban J connectivity index is 2.68. The van der Waals surface area contributed by atoms with Gasteiger partial charge in [0.2, 0.25) is 0 Å². The lowest BCUT2D eigenvalue weighted by atomic mass is 9.94. The summed E-state index contributed by atoms with van der Waals surface area (Å²) < 4.78 is 0. The van der Waals surface area contributed by atoms with Crippen LogP contribution in [0.1, 0.15) is 24.3 Å². The van der Waals surface area contributed by atoms with Gasteiger partial charge in [0, 0.05) is 20.6 Å². The zero-order chi connectivity index (χ0) is 14.6. The number of carboxylic acids is 1. The minimum Gasteiger partial charge on any atom is -0.481 e. The van der Waals surface area contributed by atoms with E-state index in [2.05, 4.69) is 15.5 Å². The molecule has 7 heteroatoms. The van der Waals surface area contributed by atoms with Gasteiger partial charge in [-0.05, 0) is 26.0 Å². The topological polar surface area (TPSA) is 95.4 Å². The molecule has 2 N–H and O–H groups in total. The number of carbonyl (C=O) groups excluding carboxylic acids is 1. The molecule has 7 nitrogen and oxygen atoms in total. The Hall–Kier alpha value is -2.18. The number of rotatable bonds is 5. The third kappa shape index (κ3) is 3.90. The average molecular weight is 266 g/mol. The summed E-state index contributed by atoms with van der Waals surface area (Å²) in [4.78, 5) is 23.9. The standard InChI is InChI=1S/C12H18N4O3/c1-12(2,11(18)19)7-13-9-6-5-8(14-15-9)10(17)16(3)4/h5-6H,7H2,1-4H3,(H,13,15)(H,18,19). The van der Waals surface area contributed by atoms with Gasteiger partial charge in [0.15, 0.2) is 5.69 Å². The van der Waals surface area contributed by atoms with Crippen molar-refractivity contribution in [2.45, 2.75) is 13.8 Å². The van der Waals surface area contributed by atoms with E-state index in [9.17, 15) is 9.59 Å². The second-order valence-corrected chi connectivity index (χ2v) is 5.05. The van der Waals surface area contributed by atoms with Gasteiger partial charge in [0.05, 0.1) is 5.41 Å². The van der Waals surface area contributed by atoms with Crippen molar-refractivity contribution in [2.75, 3.05) is 26.0 Å². The molecule has 19 heavy (non-hydrogen) atoms. The highest BCUT2D eigenvalue weighted by Gasteiger charge is 2.26. The summed E-state index contributed by atoms with van der Waals surface area (Å²) in [6.45, 7) is 3.44. The van der Waals surface area contributed by atoms with E-state index >= 15 is 0 Å². The average Bonchev–Trinajstić information content (AvgIpc) is 2.36. The van der Waals surface area contributed by atoms with Crippen LogP contribution in [-0.4, -0.2) is 52.7 Å². The van der Waals surface area contributed by atoms with E-state index in [1.807, 2.05) is 0 Å². The van der Waals surface area contributed by atoms with Crippen LogP contribution in [0.15, 0.2) is 12.1 Å². The lowest BCUT2D eigenvalue weighted by Crippen LogP contribution is -2.32. The van der Waals surface area contributed by atoms with Crippen LogP contribution in [0.25, 0.3) is 0 Å². The number of nitrogens with zero attached hydrogens (tertiary/aromatic N) is 3. The first kappa shape index (κ1) is 14.9. The summed E-state index contributed by atoms with van der Waals surface area (Å²) in [5.74, 6) is -0.693. The molecule has 104 valence electrons. The summed E-state index contributed by atoms with van der Waals surface area (Å²) in [5.41, 5.74) is -0.659. The van der Waals surface area contributed by atoms with E-state index in [4.69, 9.17) is 5.11 Å². The number of carboxylic acid groups (broad SMARTS) is 1. The molecule has 0 radical (unpaired) electrons. The smallest absolute Gasteiger partial charge is 0.310 e. The molecule has 0 saturated carbocycles. The lowest BCUT2D eigenvalue weighted by molar-refractivity contribution is -0.146. The van der Waals surface area contributed by atoms with Gasteiger partial charge in [-0.2, -0.15) is 0 Å². The maximum atomic E-state index is 11.6. The molecule has 1 amide bonds. The first-order valence-corrected chi connectivity index (χ1v) is 5.76. The van der Waals surface area contributed by atoms with Crippen LogP contribution in [0.2, 0.25) is 0 Å². The Morgan fingerprint density at radius 2 is 1.95 bits per heavy atom. The first-order valence-electron chi connectivity index (χ1n) is 5.76. The molecule has 0 unspecified atom stereocenters. The van der Waals surface area contributed by atoms with Crippen LogP contribution < -0.4 is 5.32 Å². The SMILES string of the molecule is CN(C)C(=O)c1ccc(NCC(C)(C)C(=O)O)nn1. The summed E-state index contributed by atoms with van der Waals surface area (Å²) in [5, 5.41) is 19.5. The quantitative estimate of drug-likeness (QED) is 0.814. The number of hydrogen-bond acceptors (Lipinski definition) is 5. The van der Waals surface area contributed by atoms with Gasteiger partial charge in [-0.1, -0.05) is 0 Å². The van der Waals surface area contributed by atoms with Crippen molar-refractivity contribution >= 4 is 17.7 Å². The Bertz CT molecular complexity index is 468. The normalized spacial score (nSPS) is 10.9. The zero-order valence-corrected chi connectivity index (χ0v) is 11.5. The van der Waals surface area contributed by atoms with Crippen LogP contribution >= 0.6 is 0 Å². The lowest BCUT2D eigenvalue weighted by Gasteiger charge is -2.19. The molecule has 1 rings (SSSR count). The minimum atomic E-state index is -0.903. The Kier molecular flexibility index (Phi) is 4.42. The molecular weight excluding hydrogens is 248 g/mol. The molecule has 0 aromatic carbocycles. The monoisotopic (exact) mass is 266 g/mol. The summed E-state index contributed by atoms with van der Waals surface area (Å²) >= 11 is 0. The highest BCUT2D eigenvalue weighted by atomic mass is 16.4. The molecule has 0 bridgehead atoms. The molecule has 0 aliphatic heterocycles. The van der Waals surface area contributed by atoms with E-state index in [0.29, 0.717) is 5.82 Å². The largest absolute Gasteiger partial charge is 0.481 e. The number of anilines is 1. The van der Waals surface area contributed by atoms with Gasteiger partial charge in [0.1, 0.15) is 5.82 Å². The van der Waals surface area contributed by atoms with Crippen molar-refractivity contribution in [3.63, 3.8) is 0 Å². The highest BCUT2D eigenvalue weighted by molar-refractivity contribution is 5.91. The van der Waals surface area contributed by atoms with Gasteiger partial charge in [-0.25, -0.2) is 0 Å². The van der Waals surface area contributed by atoms with Crippen molar-refractivity contribution in [3.05, 3.63) is 17.8 Å². The van der Waals surface area contributed by atoms with Crippen LogP contribution in [0.3, 0.4) is 0 Å². The predicted molar refractivity (Wildman–Crippen MR) is 70.0 cm³/mol. The Labute approximate surface area is 111 Å². The summed E-state index contributed by atoms with van der Waals surface area (Å²) in [6.07, 6.45) is 0. The van der Waals surface area contributed by atoms with Gasteiger partial charge in [-0.15, -0.1) is 10.2 Å². The van der Waals surface area contributed by atoms with Gasteiger partial charge >= 0.3 is 5.97 Å². The fourth-order valence-electron chi connectivity index (χ4n) is 1.16. The molecule has 1 aromatic heterocycles. The van der Waals surface area contributed by atoms with Crippen molar-refractivity contribution in [1.29, 1.82) is 0 Å². The van der Waals surface area contributed by atoms with Crippen molar-refractivity contribution in [1.82, 2.24) is 15.1 Å². The Morgan fingerprint density at radius 3 is 2.37 bits per heavy atom. The third-order valence-electron chi connectivity index (χ3n) is 2.58. The fourth-order valence-corrected chi connectivity index (χ4v) is 1.16. The molecule has 1 aromatic rings. The fraction of sp³-hybridized carbons (Fsp3) is 0.500. The van der Waals surface area contributed by atoms with Gasteiger partial charge < -0.3 is 15.3 Å². The Morgan fingerprint density at radius 1 is 1.32 bits per heavy atom. The number of nitrogens with one attached hydrogen (secondary N) is 1. The number of amides is 1. The predicted octanol–water partition coefficient (Wildman–Crippen LogP) is 0.701. The van der Waals surface area contributed by atoms with E-state index in [1.54, 1.807) is 40.1 Å². The van der Waals surface area contributed by atoms with Crippen molar-refractivity contribution < 1.29 is 14.7 Å². The van der Waals surface area contributed by atoms with E-state index in [0.717, 1.165) is 0 Å². The number of hydrogen-bond donors (Lipinski definition) is 2. The van der Waals surface area contributed by atoms with Crippen molar-refractivity contribution in [2.24, 2.45) is 5.41 Å². The van der Waals surface area contributed by atoms with Crippen LogP contribution in [-0.2, 0) is 4.79 Å². The number of aromatic nitrogens is 2. The molecule has 0 fully saturated rings. The number of aliphatic carboxylic acids is 1. The third-order valence-corrected chi connectivity index (χ3v) is 2.58. The molecule has 0 atom stereocenters. The zero-order valence-electron chi connectivity index (χ0n) is 11.5. The second kappa shape index (κ2) is 5.64. The van der Waals surface area contributed by atoms with Gasteiger partial charge in [-0.3, -0.25) is 9.59 Å². The van der Waals surface area contributed by atoms with Crippen LogP contribution in [0, 0.1) is 5.41 Å². The summed E-state index contributed by atoms with van der Waals surface area (Å²) in [6, 6.07) is 3.15. The van der Waals surface area contributed by atoms with Gasteiger partial charge in [0.25, 0.3) is 5.91 Å². The van der Waals surface area contributed by atoms with Crippen molar-refractivity contribution in [3.8, 4) is 0 Å². The molecule has 0 saturated heterocycles. The molecule has 0 aliphatic carbocycles. The number of carbonyl (C=O) groups is 2. The molecule has 1 heterocycles. The highest BCUT2D eigenvalue weighted by Crippen LogP contribution is 2.15. The summed E-state index contributed by atoms with van der Waals surface area (Å²) in [7, 11) is 3.26. The maximum Gasteiger partial charge on any atom is 0.310 e. The van der Waals surface area contributed by atoms with E-state index in [1.165, 1.54) is 4.90 Å². The maximum absolute atomic E-state index is 11.6. The van der Waals surface area contributed by atoms with E-state index in [-0.39, 0.29) is 18.1 Å².